The predicted molar refractivity (Wildman–Crippen MR) is 139 cm³/mol. The molecular weight excluding hydrogens is 440 g/mol. The minimum absolute atomic E-state index is 0.00186. The molecule has 1 saturated heterocycles. The Kier molecular flexibility index (Phi) is 9.09. The minimum Gasteiger partial charge on any atom is -0.497 e. The highest BCUT2D eigenvalue weighted by molar-refractivity contribution is 5.79. The highest BCUT2D eigenvalue weighted by Gasteiger charge is 2.19. The molecule has 7 heteroatoms. The molecule has 1 aliphatic heterocycles. The number of ether oxygens (including phenoxy) is 2. The summed E-state index contributed by atoms with van der Waals surface area (Å²) in [6.07, 6.45) is 3.85. The maximum absolute atomic E-state index is 12.0. The molecule has 0 atom stereocenters. The summed E-state index contributed by atoms with van der Waals surface area (Å²) < 4.78 is 11.0. The summed E-state index contributed by atoms with van der Waals surface area (Å²) in [5.41, 5.74) is 4.70. The van der Waals surface area contributed by atoms with Gasteiger partial charge in [-0.05, 0) is 35.4 Å². The van der Waals surface area contributed by atoms with Gasteiger partial charge < -0.3 is 19.7 Å². The van der Waals surface area contributed by atoms with Crippen molar-refractivity contribution < 1.29 is 14.3 Å². The molecule has 0 saturated carbocycles. The molecule has 184 valence electrons. The Balaban J connectivity index is 1.16. The van der Waals surface area contributed by atoms with Crippen LogP contribution < -0.4 is 15.0 Å². The molecule has 1 N–H and O–H groups in total. The lowest BCUT2D eigenvalue weighted by molar-refractivity contribution is -0.122. The summed E-state index contributed by atoms with van der Waals surface area (Å²) in [7, 11) is 1.69. The third kappa shape index (κ3) is 7.28. The van der Waals surface area contributed by atoms with Crippen LogP contribution in [0, 0.1) is 0 Å². The molecule has 2 heterocycles. The predicted octanol–water partition coefficient (Wildman–Crippen LogP) is 3.60. The third-order valence-corrected chi connectivity index (χ3v) is 6.26. The quantitative estimate of drug-likeness (QED) is 0.429. The molecule has 7 nitrogen and oxygen atoms in total. The zero-order chi connectivity index (χ0) is 24.3. The van der Waals surface area contributed by atoms with Gasteiger partial charge in [-0.15, -0.1) is 0 Å². The second kappa shape index (κ2) is 12.9. The number of nitrogens with one attached hydrogen (secondary N) is 1. The van der Waals surface area contributed by atoms with Gasteiger partial charge in [-0.25, -0.2) is 0 Å². The van der Waals surface area contributed by atoms with E-state index >= 15 is 0 Å². The van der Waals surface area contributed by atoms with E-state index in [1.165, 1.54) is 16.8 Å². The van der Waals surface area contributed by atoms with Crippen LogP contribution in [0.15, 0.2) is 73.1 Å². The van der Waals surface area contributed by atoms with Crippen molar-refractivity contribution in [1.82, 2.24) is 15.2 Å². The van der Waals surface area contributed by atoms with Crippen LogP contribution in [0.3, 0.4) is 0 Å². The number of pyridine rings is 1. The number of piperazine rings is 1. The van der Waals surface area contributed by atoms with Crippen LogP contribution in [-0.2, 0) is 16.1 Å². The summed E-state index contributed by atoms with van der Waals surface area (Å²) in [5, 5.41) is 2.90. The standard InChI is InChI=1S/C28H34N4O3/c1-34-25-10-8-24(9-11-25)26-6-2-3-7-27(26)32-16-14-31(15-17-32)18-20-35-19-12-28(33)30-22-23-5-4-13-29-21-23/h2-11,13,21H,12,14-20,22H2,1H3,(H,30,33). The average Bonchev–Trinajstić information content (AvgIpc) is 2.93. The van der Waals surface area contributed by atoms with E-state index in [1.54, 1.807) is 19.5 Å². The van der Waals surface area contributed by atoms with E-state index in [9.17, 15) is 4.79 Å². The van der Waals surface area contributed by atoms with E-state index in [0.717, 1.165) is 44.0 Å². The fourth-order valence-corrected chi connectivity index (χ4v) is 4.23. The van der Waals surface area contributed by atoms with Gasteiger partial charge in [0.05, 0.1) is 20.3 Å². The number of carbonyl (C=O) groups excluding carboxylic acids is 1. The van der Waals surface area contributed by atoms with Gasteiger partial charge in [-0.3, -0.25) is 14.7 Å². The van der Waals surface area contributed by atoms with Crippen molar-refractivity contribution >= 4 is 11.6 Å². The number of amides is 1. The minimum atomic E-state index is -0.00186. The van der Waals surface area contributed by atoms with Crippen LogP contribution >= 0.6 is 0 Å². The fraction of sp³-hybridized carbons (Fsp3) is 0.357. The number of aromatic nitrogens is 1. The van der Waals surface area contributed by atoms with Crippen LogP contribution in [0.2, 0.25) is 0 Å². The SMILES string of the molecule is COc1ccc(-c2ccccc2N2CCN(CCOCCC(=O)NCc3cccnc3)CC2)cc1. The Bertz CT molecular complexity index is 1050. The second-order valence-electron chi connectivity index (χ2n) is 8.57. The van der Waals surface area contributed by atoms with Crippen molar-refractivity contribution in [2.45, 2.75) is 13.0 Å². The van der Waals surface area contributed by atoms with Crippen LogP contribution in [0.1, 0.15) is 12.0 Å². The molecule has 3 aromatic rings. The highest BCUT2D eigenvalue weighted by Crippen LogP contribution is 2.32. The lowest BCUT2D eigenvalue weighted by atomic mass is 10.0. The first-order valence-corrected chi connectivity index (χ1v) is 12.2. The first-order chi connectivity index (χ1) is 17.2. The third-order valence-electron chi connectivity index (χ3n) is 6.26. The summed E-state index contributed by atoms with van der Waals surface area (Å²) >= 11 is 0. The topological polar surface area (TPSA) is 66.9 Å². The zero-order valence-corrected chi connectivity index (χ0v) is 20.4. The molecule has 2 aromatic carbocycles. The molecule has 0 radical (unpaired) electrons. The summed E-state index contributed by atoms with van der Waals surface area (Å²) in [6.45, 7) is 6.39. The number of carbonyl (C=O) groups is 1. The molecule has 0 aliphatic carbocycles. The maximum Gasteiger partial charge on any atom is 0.222 e. The molecule has 4 rings (SSSR count). The molecule has 0 bridgehead atoms. The van der Waals surface area contributed by atoms with Gasteiger partial charge in [-0.1, -0.05) is 36.4 Å². The smallest absolute Gasteiger partial charge is 0.222 e. The molecule has 1 aliphatic rings. The van der Waals surface area contributed by atoms with Gasteiger partial charge in [0.2, 0.25) is 5.91 Å². The largest absolute Gasteiger partial charge is 0.497 e. The Labute approximate surface area is 207 Å². The highest BCUT2D eigenvalue weighted by atomic mass is 16.5. The number of methoxy groups -OCH3 is 1. The van der Waals surface area contributed by atoms with E-state index < -0.39 is 0 Å². The number of benzene rings is 2. The van der Waals surface area contributed by atoms with E-state index in [4.69, 9.17) is 9.47 Å². The van der Waals surface area contributed by atoms with Crippen molar-refractivity contribution in [2.75, 3.05) is 57.9 Å². The molecule has 0 spiro atoms. The monoisotopic (exact) mass is 474 g/mol. The first-order valence-electron chi connectivity index (χ1n) is 12.2. The summed E-state index contributed by atoms with van der Waals surface area (Å²) in [5.74, 6) is 0.866. The number of nitrogens with zero attached hydrogens (tertiary/aromatic N) is 3. The van der Waals surface area contributed by atoms with Gasteiger partial charge in [0.1, 0.15) is 5.75 Å². The lowest BCUT2D eigenvalue weighted by Gasteiger charge is -2.37. The average molecular weight is 475 g/mol. The molecule has 35 heavy (non-hydrogen) atoms. The van der Waals surface area contributed by atoms with E-state index in [-0.39, 0.29) is 5.91 Å². The Morgan fingerprint density at radius 1 is 0.971 bits per heavy atom. The van der Waals surface area contributed by atoms with Crippen LogP contribution in [0.25, 0.3) is 11.1 Å². The summed E-state index contributed by atoms with van der Waals surface area (Å²) in [4.78, 5) is 20.9. The van der Waals surface area contributed by atoms with Crippen molar-refractivity contribution in [3.05, 3.63) is 78.6 Å². The molecule has 1 fully saturated rings. The van der Waals surface area contributed by atoms with Gasteiger partial charge >= 0.3 is 0 Å². The zero-order valence-electron chi connectivity index (χ0n) is 20.4. The van der Waals surface area contributed by atoms with Crippen LogP contribution in [0.4, 0.5) is 5.69 Å². The Morgan fingerprint density at radius 2 is 1.77 bits per heavy atom. The Hall–Kier alpha value is -3.42. The van der Waals surface area contributed by atoms with Crippen molar-refractivity contribution in [2.24, 2.45) is 0 Å². The van der Waals surface area contributed by atoms with E-state index in [0.29, 0.717) is 26.2 Å². The summed E-state index contributed by atoms with van der Waals surface area (Å²) in [6, 6.07) is 20.6. The van der Waals surface area contributed by atoms with E-state index in [1.807, 2.05) is 24.3 Å². The Morgan fingerprint density at radius 3 is 2.51 bits per heavy atom. The van der Waals surface area contributed by atoms with Gasteiger partial charge in [-0.2, -0.15) is 0 Å². The number of anilines is 1. The van der Waals surface area contributed by atoms with Gasteiger partial charge in [0, 0.05) is 69.3 Å². The second-order valence-corrected chi connectivity index (χ2v) is 8.57. The number of hydrogen-bond donors (Lipinski definition) is 1. The maximum atomic E-state index is 12.0. The van der Waals surface area contributed by atoms with Crippen LogP contribution in [-0.4, -0.2) is 68.8 Å². The fourth-order valence-electron chi connectivity index (χ4n) is 4.23. The van der Waals surface area contributed by atoms with E-state index in [2.05, 4.69) is 56.5 Å². The molecular formula is C28H34N4O3. The number of para-hydroxylation sites is 1. The van der Waals surface area contributed by atoms with Gasteiger partial charge in [0.25, 0.3) is 0 Å². The molecule has 1 aromatic heterocycles. The number of hydrogen-bond acceptors (Lipinski definition) is 6. The normalized spacial score (nSPS) is 14.0. The number of rotatable bonds is 11. The lowest BCUT2D eigenvalue weighted by Crippen LogP contribution is -2.47. The molecule has 1 amide bonds. The van der Waals surface area contributed by atoms with Crippen molar-refractivity contribution in [3.8, 4) is 16.9 Å². The molecule has 0 unspecified atom stereocenters. The first kappa shape index (κ1) is 24.7. The van der Waals surface area contributed by atoms with Gasteiger partial charge in [0.15, 0.2) is 0 Å². The van der Waals surface area contributed by atoms with Crippen molar-refractivity contribution in [1.29, 1.82) is 0 Å². The van der Waals surface area contributed by atoms with Crippen molar-refractivity contribution in [3.63, 3.8) is 0 Å². The van der Waals surface area contributed by atoms with Crippen LogP contribution in [0.5, 0.6) is 5.75 Å².